The molecule has 0 radical (unpaired) electrons. The molecular formula is C22H30O4Si. The SMILES string of the molecule is COC1C[C@@H](O)[C@@H](CO[Si](c2ccccc2)(c2ccccc2)C(C)(C)C)O1. The molecule has 3 atom stereocenters. The summed E-state index contributed by atoms with van der Waals surface area (Å²) in [6.07, 6.45) is -0.844. The highest BCUT2D eigenvalue weighted by molar-refractivity contribution is 6.99. The van der Waals surface area contributed by atoms with Crippen molar-refractivity contribution in [3.8, 4) is 0 Å². The molecule has 4 nitrogen and oxygen atoms in total. The number of hydrogen-bond acceptors (Lipinski definition) is 4. The van der Waals surface area contributed by atoms with E-state index < -0.39 is 14.4 Å². The first kappa shape index (κ1) is 20.2. The van der Waals surface area contributed by atoms with Crippen LogP contribution < -0.4 is 10.4 Å². The summed E-state index contributed by atoms with van der Waals surface area (Å²) < 4.78 is 17.9. The van der Waals surface area contributed by atoms with Crippen molar-refractivity contribution in [2.24, 2.45) is 0 Å². The van der Waals surface area contributed by atoms with E-state index in [0.29, 0.717) is 13.0 Å². The van der Waals surface area contributed by atoms with Crippen LogP contribution in [0.25, 0.3) is 0 Å². The lowest BCUT2D eigenvalue weighted by molar-refractivity contribution is -0.125. The molecule has 2 aromatic rings. The Hall–Kier alpha value is -1.50. The number of hydrogen-bond donors (Lipinski definition) is 1. The Kier molecular flexibility index (Phi) is 6.18. The van der Waals surface area contributed by atoms with E-state index >= 15 is 0 Å². The second kappa shape index (κ2) is 8.25. The fourth-order valence-corrected chi connectivity index (χ4v) is 8.53. The van der Waals surface area contributed by atoms with Crippen LogP contribution in [0.15, 0.2) is 60.7 Å². The van der Waals surface area contributed by atoms with Crippen molar-refractivity contribution in [1.82, 2.24) is 0 Å². The van der Waals surface area contributed by atoms with Crippen molar-refractivity contribution < 1.29 is 19.0 Å². The molecular weight excluding hydrogens is 356 g/mol. The van der Waals surface area contributed by atoms with Gasteiger partial charge < -0.3 is 19.0 Å². The van der Waals surface area contributed by atoms with Crippen LogP contribution in [0.3, 0.4) is 0 Å². The van der Waals surface area contributed by atoms with Gasteiger partial charge in [0, 0.05) is 13.5 Å². The lowest BCUT2D eigenvalue weighted by Crippen LogP contribution is -2.67. The molecule has 0 saturated carbocycles. The van der Waals surface area contributed by atoms with Crippen molar-refractivity contribution in [1.29, 1.82) is 0 Å². The maximum Gasteiger partial charge on any atom is 0.261 e. The highest BCUT2D eigenvalue weighted by Crippen LogP contribution is 2.37. The second-order valence-electron chi connectivity index (χ2n) is 8.12. The zero-order chi connectivity index (χ0) is 19.5. The Morgan fingerprint density at radius 3 is 1.93 bits per heavy atom. The summed E-state index contributed by atoms with van der Waals surface area (Å²) >= 11 is 0. The summed E-state index contributed by atoms with van der Waals surface area (Å²) in [5.74, 6) is 0. The zero-order valence-electron chi connectivity index (χ0n) is 16.6. The fourth-order valence-electron chi connectivity index (χ4n) is 3.96. The first-order valence-electron chi connectivity index (χ1n) is 9.50. The molecule has 27 heavy (non-hydrogen) atoms. The standard InChI is InChI=1S/C22H30O4Si/c1-22(2,3)27(17-11-7-5-8-12-17,18-13-9-6-10-14-18)25-16-20-19(23)15-21(24-4)26-20/h5-14,19-21,23H,15-16H2,1-4H3/t19-,20-,21?/m1/s1. The van der Waals surface area contributed by atoms with Crippen LogP contribution >= 0.6 is 0 Å². The number of aliphatic hydroxyl groups is 1. The van der Waals surface area contributed by atoms with Crippen molar-refractivity contribution in [3.63, 3.8) is 0 Å². The van der Waals surface area contributed by atoms with Gasteiger partial charge in [0.05, 0.1) is 12.7 Å². The molecule has 0 bridgehead atoms. The molecule has 0 aliphatic carbocycles. The van der Waals surface area contributed by atoms with E-state index in [9.17, 15) is 5.11 Å². The summed E-state index contributed by atoms with van der Waals surface area (Å²) in [5, 5.41) is 12.7. The molecule has 5 heteroatoms. The molecule has 3 rings (SSSR count). The predicted molar refractivity (Wildman–Crippen MR) is 110 cm³/mol. The van der Waals surface area contributed by atoms with Crippen LogP contribution in [0, 0.1) is 0 Å². The average Bonchev–Trinajstić information content (AvgIpc) is 3.03. The first-order chi connectivity index (χ1) is 12.9. The first-order valence-corrected chi connectivity index (χ1v) is 11.4. The van der Waals surface area contributed by atoms with Crippen molar-refractivity contribution in [2.75, 3.05) is 13.7 Å². The molecule has 1 aliphatic heterocycles. The van der Waals surface area contributed by atoms with Gasteiger partial charge >= 0.3 is 0 Å². The van der Waals surface area contributed by atoms with Gasteiger partial charge in [-0.2, -0.15) is 0 Å². The van der Waals surface area contributed by atoms with Gasteiger partial charge in [0.25, 0.3) is 8.32 Å². The Labute approximate surface area is 163 Å². The van der Waals surface area contributed by atoms with Crippen LogP contribution in [0.1, 0.15) is 27.2 Å². The number of methoxy groups -OCH3 is 1. The van der Waals surface area contributed by atoms with E-state index in [2.05, 4.69) is 69.3 Å². The van der Waals surface area contributed by atoms with Gasteiger partial charge in [0.1, 0.15) is 6.10 Å². The van der Waals surface area contributed by atoms with Crippen LogP contribution in [0.2, 0.25) is 5.04 Å². The molecule has 1 heterocycles. The minimum Gasteiger partial charge on any atom is -0.405 e. The quantitative estimate of drug-likeness (QED) is 0.776. The molecule has 1 saturated heterocycles. The van der Waals surface area contributed by atoms with E-state index in [4.69, 9.17) is 13.9 Å². The van der Waals surface area contributed by atoms with Gasteiger partial charge in [-0.15, -0.1) is 0 Å². The van der Waals surface area contributed by atoms with Crippen LogP contribution in [-0.2, 0) is 13.9 Å². The van der Waals surface area contributed by atoms with E-state index in [1.807, 2.05) is 12.1 Å². The Morgan fingerprint density at radius 1 is 1.00 bits per heavy atom. The van der Waals surface area contributed by atoms with Crippen LogP contribution in [0.4, 0.5) is 0 Å². The van der Waals surface area contributed by atoms with Crippen molar-refractivity contribution in [3.05, 3.63) is 60.7 Å². The molecule has 0 aromatic heterocycles. The van der Waals surface area contributed by atoms with Gasteiger partial charge in [0.2, 0.25) is 0 Å². The van der Waals surface area contributed by atoms with E-state index in [1.54, 1.807) is 7.11 Å². The average molecular weight is 387 g/mol. The highest BCUT2D eigenvalue weighted by Gasteiger charge is 2.51. The van der Waals surface area contributed by atoms with Gasteiger partial charge in [-0.25, -0.2) is 0 Å². The molecule has 1 aliphatic rings. The molecule has 0 spiro atoms. The minimum absolute atomic E-state index is 0.0973. The van der Waals surface area contributed by atoms with E-state index in [1.165, 1.54) is 10.4 Å². The summed E-state index contributed by atoms with van der Waals surface area (Å²) in [4.78, 5) is 0. The summed E-state index contributed by atoms with van der Waals surface area (Å²) in [6, 6.07) is 21.0. The van der Waals surface area contributed by atoms with E-state index in [-0.39, 0.29) is 17.4 Å². The molecule has 0 amide bonds. The number of rotatable bonds is 6. The van der Waals surface area contributed by atoms with Gasteiger partial charge in [0.15, 0.2) is 6.29 Å². The third kappa shape index (κ3) is 4.03. The number of benzene rings is 2. The van der Waals surface area contributed by atoms with Crippen LogP contribution in [0.5, 0.6) is 0 Å². The third-order valence-corrected chi connectivity index (χ3v) is 10.3. The third-order valence-electron chi connectivity index (χ3n) is 5.33. The monoisotopic (exact) mass is 386 g/mol. The Balaban J connectivity index is 2.00. The normalized spacial score (nSPS) is 23.5. The molecule has 2 aromatic carbocycles. The topological polar surface area (TPSA) is 47.9 Å². The minimum atomic E-state index is -2.61. The van der Waals surface area contributed by atoms with E-state index in [0.717, 1.165) is 0 Å². The Bertz CT molecular complexity index is 675. The predicted octanol–water partition coefficient (Wildman–Crippen LogP) is 2.69. The lowest BCUT2D eigenvalue weighted by atomic mass is 10.2. The van der Waals surface area contributed by atoms with Gasteiger partial charge in [-0.3, -0.25) is 0 Å². The lowest BCUT2D eigenvalue weighted by Gasteiger charge is -2.43. The van der Waals surface area contributed by atoms with Crippen molar-refractivity contribution in [2.45, 2.75) is 50.7 Å². The number of ether oxygens (including phenoxy) is 2. The molecule has 1 N–H and O–H groups in total. The van der Waals surface area contributed by atoms with Crippen molar-refractivity contribution >= 4 is 18.7 Å². The summed E-state index contributed by atoms with van der Waals surface area (Å²) in [7, 11) is -1.01. The molecule has 1 fully saturated rings. The maximum atomic E-state index is 10.4. The highest BCUT2D eigenvalue weighted by atomic mass is 28.4. The van der Waals surface area contributed by atoms with Crippen LogP contribution in [-0.4, -0.2) is 45.6 Å². The largest absolute Gasteiger partial charge is 0.405 e. The smallest absolute Gasteiger partial charge is 0.261 e. The number of aliphatic hydroxyl groups excluding tert-OH is 1. The fraction of sp³-hybridized carbons (Fsp3) is 0.455. The second-order valence-corrected chi connectivity index (χ2v) is 12.4. The maximum absolute atomic E-state index is 10.4. The molecule has 146 valence electrons. The van der Waals surface area contributed by atoms with Gasteiger partial charge in [-0.05, 0) is 15.4 Å². The summed E-state index contributed by atoms with van der Waals surface area (Å²) in [5.41, 5.74) is 0. The van der Waals surface area contributed by atoms with Gasteiger partial charge in [-0.1, -0.05) is 81.4 Å². The summed E-state index contributed by atoms with van der Waals surface area (Å²) in [6.45, 7) is 7.06. The zero-order valence-corrected chi connectivity index (χ0v) is 17.6. The molecule has 1 unspecified atom stereocenters. The Morgan fingerprint density at radius 2 is 1.52 bits per heavy atom.